The van der Waals surface area contributed by atoms with E-state index in [1.807, 2.05) is 13.8 Å². The average Bonchev–Trinajstić information content (AvgIpc) is 2.78. The molecule has 2 bridgehead atoms. The molecule has 84 valence electrons. The second kappa shape index (κ2) is 4.07. The molecular weight excluding hydrogens is 184 g/mol. The van der Waals surface area contributed by atoms with Crippen LogP contribution in [-0.2, 0) is 0 Å². The van der Waals surface area contributed by atoms with E-state index in [0.717, 1.165) is 29.6 Å². The highest BCUT2D eigenvalue weighted by atomic mass is 15.2. The van der Waals surface area contributed by atoms with E-state index in [1.165, 1.54) is 18.6 Å². The van der Waals surface area contributed by atoms with E-state index in [0.29, 0.717) is 0 Å². The topological polar surface area (TPSA) is 24.7 Å². The van der Waals surface area contributed by atoms with Gasteiger partial charge in [-0.3, -0.25) is 0 Å². The van der Waals surface area contributed by atoms with Gasteiger partial charge in [0.2, 0.25) is 0 Å². The van der Waals surface area contributed by atoms with Crippen LogP contribution in [0.25, 0.3) is 0 Å². The Morgan fingerprint density at radius 2 is 2.00 bits per heavy atom. The molecule has 0 amide bonds. The summed E-state index contributed by atoms with van der Waals surface area (Å²) in [5.74, 6) is 4.22. The predicted octanol–water partition coefficient (Wildman–Crippen LogP) is 3.38. The molecule has 0 aromatic carbocycles. The molecule has 2 heteroatoms. The van der Waals surface area contributed by atoms with Crippen LogP contribution < -0.4 is 0 Å². The largest absolute Gasteiger partial charge is 0.163 e. The first-order valence-electron chi connectivity index (χ1n) is 6.35. The predicted molar refractivity (Wildman–Crippen MR) is 65.3 cm³/mol. The number of hydrogen-bond donors (Lipinski definition) is 0. The van der Waals surface area contributed by atoms with Crippen LogP contribution in [-0.4, -0.2) is 11.9 Å². The zero-order chi connectivity index (χ0) is 11.0. The van der Waals surface area contributed by atoms with E-state index < -0.39 is 0 Å². The van der Waals surface area contributed by atoms with Crippen LogP contribution in [0.2, 0.25) is 0 Å². The summed E-state index contributed by atoms with van der Waals surface area (Å²) in [6, 6.07) is 0. The van der Waals surface area contributed by atoms with E-state index in [9.17, 15) is 0 Å². The van der Waals surface area contributed by atoms with Gasteiger partial charge in [0, 0.05) is 23.8 Å². The molecule has 1 aliphatic heterocycles. The summed E-state index contributed by atoms with van der Waals surface area (Å²) < 4.78 is 0. The lowest BCUT2D eigenvalue weighted by atomic mass is 9.73. The highest BCUT2D eigenvalue weighted by molar-refractivity contribution is 5.90. The molecule has 0 aromatic heterocycles. The molecule has 5 unspecified atom stereocenters. The van der Waals surface area contributed by atoms with Gasteiger partial charge in [0.05, 0.1) is 0 Å². The highest BCUT2D eigenvalue weighted by Gasteiger charge is 2.52. The maximum Gasteiger partial charge on any atom is 0.0415 e. The molecule has 3 rings (SSSR count). The maximum absolute atomic E-state index is 4.20. The van der Waals surface area contributed by atoms with Gasteiger partial charge < -0.3 is 0 Å². The minimum Gasteiger partial charge on any atom is -0.163 e. The van der Waals surface area contributed by atoms with Crippen molar-refractivity contribution in [3.05, 3.63) is 0 Å². The summed E-state index contributed by atoms with van der Waals surface area (Å²) in [6.07, 6.45) is 4.96. The number of nitrogens with zero attached hydrogens (tertiary/aromatic N) is 2. The summed E-state index contributed by atoms with van der Waals surface area (Å²) in [6.45, 7) is 8.55. The Bertz CT molecular complexity index is 293. The summed E-state index contributed by atoms with van der Waals surface area (Å²) in [5.41, 5.74) is 1.28. The monoisotopic (exact) mass is 206 g/mol. The van der Waals surface area contributed by atoms with Gasteiger partial charge >= 0.3 is 0 Å². The third-order valence-corrected chi connectivity index (χ3v) is 4.33. The van der Waals surface area contributed by atoms with E-state index in [-0.39, 0.29) is 0 Å². The zero-order valence-corrected chi connectivity index (χ0v) is 10.3. The Morgan fingerprint density at radius 1 is 1.27 bits per heavy atom. The van der Waals surface area contributed by atoms with Crippen LogP contribution in [0.1, 0.15) is 40.5 Å². The summed E-state index contributed by atoms with van der Waals surface area (Å²) in [5, 5.41) is 8.32. The smallest absolute Gasteiger partial charge is 0.0415 e. The molecule has 0 aromatic rings. The van der Waals surface area contributed by atoms with E-state index in [2.05, 4.69) is 30.3 Å². The van der Waals surface area contributed by atoms with E-state index in [4.69, 9.17) is 0 Å². The fourth-order valence-electron chi connectivity index (χ4n) is 3.83. The van der Waals surface area contributed by atoms with Gasteiger partial charge in [0.25, 0.3) is 0 Å². The first-order chi connectivity index (χ1) is 7.27. The Labute approximate surface area is 92.9 Å². The van der Waals surface area contributed by atoms with Crippen molar-refractivity contribution in [2.24, 2.45) is 39.8 Å². The van der Waals surface area contributed by atoms with Crippen molar-refractivity contribution >= 4 is 11.9 Å². The van der Waals surface area contributed by atoms with Gasteiger partial charge in [0.1, 0.15) is 0 Å². The van der Waals surface area contributed by atoms with Gasteiger partial charge in [-0.25, -0.2) is 0 Å². The molecule has 3 aliphatic rings. The molecule has 2 nitrogen and oxygen atoms in total. The van der Waals surface area contributed by atoms with Gasteiger partial charge in [-0.1, -0.05) is 20.8 Å². The fraction of sp³-hybridized carbons (Fsp3) is 0.846. The van der Waals surface area contributed by atoms with Crippen molar-refractivity contribution in [1.82, 2.24) is 0 Å². The maximum atomic E-state index is 4.20. The lowest BCUT2D eigenvalue weighted by molar-refractivity contribution is 0.274. The molecule has 2 aliphatic carbocycles. The quantitative estimate of drug-likeness (QED) is 0.580. The van der Waals surface area contributed by atoms with Crippen LogP contribution in [0.3, 0.4) is 0 Å². The lowest BCUT2D eigenvalue weighted by Gasteiger charge is -2.33. The molecule has 0 N–H and O–H groups in total. The first-order valence-corrected chi connectivity index (χ1v) is 6.35. The highest BCUT2D eigenvalue weighted by Crippen LogP contribution is 2.55. The second-order valence-corrected chi connectivity index (χ2v) is 4.98. The molecule has 0 spiro atoms. The minimum absolute atomic E-state index is 0.728. The van der Waals surface area contributed by atoms with Crippen LogP contribution >= 0.6 is 0 Å². The molecule has 5 atom stereocenters. The molecule has 0 saturated heterocycles. The Morgan fingerprint density at radius 3 is 2.73 bits per heavy atom. The average molecular weight is 206 g/mol. The van der Waals surface area contributed by atoms with Crippen molar-refractivity contribution in [3.8, 4) is 0 Å². The van der Waals surface area contributed by atoms with Crippen LogP contribution in [0, 0.1) is 29.6 Å². The summed E-state index contributed by atoms with van der Waals surface area (Å²) >= 11 is 0. The number of rotatable bonds is 0. The molecule has 2 saturated carbocycles. The summed E-state index contributed by atoms with van der Waals surface area (Å²) in [7, 11) is 0. The SMILES string of the molecule is CC.CC1=NN=CC2C3CC(CC3C)C12. The molecule has 0 radical (unpaired) electrons. The van der Waals surface area contributed by atoms with Crippen LogP contribution in [0.15, 0.2) is 10.2 Å². The molecule has 1 heterocycles. The van der Waals surface area contributed by atoms with E-state index in [1.54, 1.807) is 0 Å². The normalized spacial score (nSPS) is 45.6. The first kappa shape index (κ1) is 10.8. The Kier molecular flexibility index (Phi) is 2.94. The van der Waals surface area contributed by atoms with E-state index >= 15 is 0 Å². The van der Waals surface area contributed by atoms with Crippen LogP contribution in [0.5, 0.6) is 0 Å². The van der Waals surface area contributed by atoms with Crippen molar-refractivity contribution < 1.29 is 0 Å². The third kappa shape index (κ3) is 1.54. The van der Waals surface area contributed by atoms with Crippen molar-refractivity contribution in [2.45, 2.75) is 40.5 Å². The Balaban J connectivity index is 0.000000404. The lowest BCUT2D eigenvalue weighted by Crippen LogP contribution is -2.34. The van der Waals surface area contributed by atoms with Gasteiger partial charge in [0.15, 0.2) is 0 Å². The van der Waals surface area contributed by atoms with Gasteiger partial charge in [-0.05, 0) is 37.5 Å². The standard InChI is InChI=1S/C11H16N2.C2H6/c1-6-3-8-4-9(6)10-5-12-13-7(2)11(8)10;1-2/h5-6,8-11H,3-4H2,1-2H3;1-2H3. The van der Waals surface area contributed by atoms with Crippen LogP contribution in [0.4, 0.5) is 0 Å². The number of hydrogen-bond acceptors (Lipinski definition) is 2. The minimum atomic E-state index is 0.728. The van der Waals surface area contributed by atoms with Crippen molar-refractivity contribution in [2.75, 3.05) is 0 Å². The zero-order valence-electron chi connectivity index (χ0n) is 10.3. The van der Waals surface area contributed by atoms with Crippen molar-refractivity contribution in [3.63, 3.8) is 0 Å². The van der Waals surface area contributed by atoms with Crippen molar-refractivity contribution in [1.29, 1.82) is 0 Å². The molecular formula is C13H22N2. The fourth-order valence-corrected chi connectivity index (χ4v) is 3.83. The Hall–Kier alpha value is -0.660. The number of fused-ring (bicyclic) bond motifs is 5. The summed E-state index contributed by atoms with van der Waals surface area (Å²) in [4.78, 5) is 0. The van der Waals surface area contributed by atoms with Gasteiger partial charge in [-0.2, -0.15) is 10.2 Å². The van der Waals surface area contributed by atoms with Gasteiger partial charge in [-0.15, -0.1) is 0 Å². The third-order valence-electron chi connectivity index (χ3n) is 4.33. The molecule has 2 fully saturated rings. The second-order valence-electron chi connectivity index (χ2n) is 4.98. The molecule has 15 heavy (non-hydrogen) atoms.